The summed E-state index contributed by atoms with van der Waals surface area (Å²) in [5.74, 6) is -2.27. The zero-order valence-electron chi connectivity index (χ0n) is 14.6. The number of pyridine rings is 1. The van der Waals surface area contributed by atoms with Gasteiger partial charge in [-0.2, -0.15) is 0 Å². The lowest BCUT2D eigenvalue weighted by molar-refractivity contribution is -0.116. The van der Waals surface area contributed by atoms with E-state index in [2.05, 4.69) is 4.98 Å². The Morgan fingerprint density at radius 1 is 1.04 bits per heavy atom. The van der Waals surface area contributed by atoms with E-state index in [0.717, 1.165) is 6.07 Å². The van der Waals surface area contributed by atoms with E-state index < -0.39 is 29.3 Å². The third-order valence-electron chi connectivity index (χ3n) is 4.57. The molecule has 1 unspecified atom stereocenters. The molecule has 1 aliphatic rings. The monoisotopic (exact) mass is 374 g/mol. The second-order valence-electron chi connectivity index (χ2n) is 6.29. The fourth-order valence-corrected chi connectivity index (χ4v) is 3.32. The predicted molar refractivity (Wildman–Crippen MR) is 102 cm³/mol. The number of benzene rings is 2. The molecule has 0 radical (unpaired) electrons. The number of rotatable bonds is 4. The molecule has 28 heavy (non-hydrogen) atoms. The van der Waals surface area contributed by atoms with Gasteiger partial charge in [0.2, 0.25) is 0 Å². The van der Waals surface area contributed by atoms with E-state index in [1.54, 1.807) is 48.7 Å². The van der Waals surface area contributed by atoms with Crippen molar-refractivity contribution in [1.82, 2.24) is 4.98 Å². The molecule has 0 saturated heterocycles. The van der Waals surface area contributed by atoms with Gasteiger partial charge in [-0.1, -0.05) is 36.4 Å². The maximum atomic E-state index is 13.7. The third kappa shape index (κ3) is 2.95. The number of carbonyl (C=O) groups excluding carboxylic acids is 2. The molecule has 6 heteroatoms. The molecule has 0 fully saturated rings. The van der Waals surface area contributed by atoms with Crippen molar-refractivity contribution in [2.24, 2.45) is 0 Å². The molecule has 0 saturated carbocycles. The van der Waals surface area contributed by atoms with Gasteiger partial charge in [-0.25, -0.2) is 4.39 Å². The molecule has 2 aromatic carbocycles. The number of nitrogens with zero attached hydrogens (tertiary/aromatic N) is 2. The Bertz CT molecular complexity index is 1080. The van der Waals surface area contributed by atoms with Crippen molar-refractivity contribution >= 4 is 23.0 Å². The highest BCUT2D eigenvalue weighted by Crippen LogP contribution is 2.37. The van der Waals surface area contributed by atoms with Crippen LogP contribution in [0.5, 0.6) is 0 Å². The molecule has 5 nitrogen and oxygen atoms in total. The molecule has 1 N–H and O–H groups in total. The number of aliphatic hydroxyl groups is 1. The van der Waals surface area contributed by atoms with Crippen LogP contribution in [-0.2, 0) is 4.79 Å². The van der Waals surface area contributed by atoms with Crippen LogP contribution in [0.4, 0.5) is 10.1 Å². The van der Waals surface area contributed by atoms with Crippen LogP contribution < -0.4 is 4.90 Å². The van der Waals surface area contributed by atoms with E-state index in [1.165, 1.54) is 29.3 Å². The average Bonchev–Trinajstić information content (AvgIpc) is 2.99. The molecule has 1 atom stereocenters. The molecule has 0 spiro atoms. The normalized spacial score (nSPS) is 16.5. The zero-order chi connectivity index (χ0) is 19.7. The molecule has 3 aromatic rings. The summed E-state index contributed by atoms with van der Waals surface area (Å²) in [7, 11) is 0. The fourth-order valence-electron chi connectivity index (χ4n) is 3.32. The predicted octanol–water partition coefficient (Wildman–Crippen LogP) is 3.79. The van der Waals surface area contributed by atoms with Crippen molar-refractivity contribution in [3.8, 4) is 0 Å². The van der Waals surface area contributed by atoms with Crippen molar-refractivity contribution in [2.45, 2.75) is 6.04 Å². The lowest BCUT2D eigenvalue weighted by atomic mass is 9.93. The van der Waals surface area contributed by atoms with Gasteiger partial charge in [0.25, 0.3) is 5.91 Å². The number of aliphatic hydroxyl groups excluding tert-OH is 1. The van der Waals surface area contributed by atoms with Crippen molar-refractivity contribution < 1.29 is 19.1 Å². The fraction of sp³-hybridized carbons (Fsp3) is 0.0455. The molecule has 1 aliphatic heterocycles. The summed E-state index contributed by atoms with van der Waals surface area (Å²) in [5, 5.41) is 10.6. The highest BCUT2D eigenvalue weighted by molar-refractivity contribution is 6.25. The van der Waals surface area contributed by atoms with Crippen LogP contribution in [0.3, 0.4) is 0 Å². The Balaban J connectivity index is 1.89. The van der Waals surface area contributed by atoms with Crippen LogP contribution >= 0.6 is 0 Å². The van der Waals surface area contributed by atoms with Crippen LogP contribution in [0.2, 0.25) is 0 Å². The molecule has 1 aromatic heterocycles. The first kappa shape index (κ1) is 17.6. The first-order valence-corrected chi connectivity index (χ1v) is 8.60. The Kier molecular flexibility index (Phi) is 4.45. The van der Waals surface area contributed by atoms with E-state index in [0.29, 0.717) is 11.3 Å². The number of halogens is 1. The molecule has 1 amide bonds. The molecular formula is C22H15FN2O3. The molecule has 138 valence electrons. The van der Waals surface area contributed by atoms with E-state index in [1.807, 2.05) is 0 Å². The second kappa shape index (κ2) is 7.08. The minimum atomic E-state index is -1.14. The number of amides is 1. The topological polar surface area (TPSA) is 70.5 Å². The van der Waals surface area contributed by atoms with Crippen LogP contribution in [0.15, 0.2) is 84.9 Å². The van der Waals surface area contributed by atoms with Crippen LogP contribution in [0, 0.1) is 5.82 Å². The SMILES string of the molecule is O=C(c1cccc(F)c1)C1C(c2cccnc2)=C(O)C(=O)N1c1ccccc1. The number of Topliss-reactive ketones (excluding diaryl/α,β-unsaturated/α-hetero) is 1. The zero-order valence-corrected chi connectivity index (χ0v) is 14.6. The standard InChI is InChI=1S/C22H15FN2O3/c23-16-8-4-6-14(12-16)20(26)19-18(15-7-5-11-24-13-15)21(27)22(28)25(19)17-9-2-1-3-10-17/h1-13,19,27H. The van der Waals surface area contributed by atoms with Gasteiger partial charge in [0, 0.05) is 34.8 Å². The number of para-hydroxylation sites is 1. The van der Waals surface area contributed by atoms with Crippen molar-refractivity contribution in [3.05, 3.63) is 102 Å². The summed E-state index contributed by atoms with van der Waals surface area (Å²) < 4.78 is 13.7. The first-order valence-electron chi connectivity index (χ1n) is 8.60. The van der Waals surface area contributed by atoms with Crippen LogP contribution in [-0.4, -0.2) is 27.8 Å². The third-order valence-corrected chi connectivity index (χ3v) is 4.57. The minimum Gasteiger partial charge on any atom is -0.503 e. The molecule has 0 bridgehead atoms. The Morgan fingerprint density at radius 3 is 2.50 bits per heavy atom. The van der Waals surface area contributed by atoms with Crippen molar-refractivity contribution in [2.75, 3.05) is 4.90 Å². The van der Waals surface area contributed by atoms with E-state index in [9.17, 15) is 19.1 Å². The molecule has 2 heterocycles. The smallest absolute Gasteiger partial charge is 0.294 e. The summed E-state index contributed by atoms with van der Waals surface area (Å²) in [5.41, 5.74) is 1.15. The molecule has 4 rings (SSSR count). The van der Waals surface area contributed by atoms with E-state index in [4.69, 9.17) is 0 Å². The highest BCUT2D eigenvalue weighted by atomic mass is 19.1. The van der Waals surface area contributed by atoms with Gasteiger partial charge in [-0.3, -0.25) is 19.5 Å². The van der Waals surface area contributed by atoms with E-state index >= 15 is 0 Å². The maximum absolute atomic E-state index is 13.7. The lowest BCUT2D eigenvalue weighted by Crippen LogP contribution is -2.41. The van der Waals surface area contributed by atoms with Crippen LogP contribution in [0.25, 0.3) is 5.57 Å². The number of ketones is 1. The maximum Gasteiger partial charge on any atom is 0.294 e. The number of carbonyl (C=O) groups is 2. The Labute approximate surface area is 160 Å². The van der Waals surface area contributed by atoms with Crippen LogP contribution in [0.1, 0.15) is 15.9 Å². The number of hydrogen-bond acceptors (Lipinski definition) is 4. The summed E-state index contributed by atoms with van der Waals surface area (Å²) in [6, 6.07) is 16.0. The number of aromatic nitrogens is 1. The quantitative estimate of drug-likeness (QED) is 0.706. The highest BCUT2D eigenvalue weighted by Gasteiger charge is 2.45. The van der Waals surface area contributed by atoms with Gasteiger partial charge in [-0.15, -0.1) is 0 Å². The number of anilines is 1. The molecular weight excluding hydrogens is 359 g/mol. The minimum absolute atomic E-state index is 0.106. The largest absolute Gasteiger partial charge is 0.503 e. The van der Waals surface area contributed by atoms with Crippen molar-refractivity contribution in [3.63, 3.8) is 0 Å². The Morgan fingerprint density at radius 2 is 1.82 bits per heavy atom. The van der Waals surface area contributed by atoms with E-state index in [-0.39, 0.29) is 11.1 Å². The summed E-state index contributed by atoms with van der Waals surface area (Å²) >= 11 is 0. The van der Waals surface area contributed by atoms with Gasteiger partial charge < -0.3 is 5.11 Å². The van der Waals surface area contributed by atoms with Crippen molar-refractivity contribution in [1.29, 1.82) is 0 Å². The van der Waals surface area contributed by atoms with Gasteiger partial charge in [0.15, 0.2) is 11.5 Å². The van der Waals surface area contributed by atoms with Gasteiger partial charge in [0.1, 0.15) is 11.9 Å². The summed E-state index contributed by atoms with van der Waals surface area (Å²) in [6.07, 6.45) is 3.02. The summed E-state index contributed by atoms with van der Waals surface area (Å²) in [6.45, 7) is 0. The lowest BCUT2D eigenvalue weighted by Gasteiger charge is -2.26. The second-order valence-corrected chi connectivity index (χ2v) is 6.29. The Hall–Kier alpha value is -3.80. The van der Waals surface area contributed by atoms with Gasteiger partial charge in [0.05, 0.1) is 0 Å². The first-order chi connectivity index (χ1) is 13.6. The average molecular weight is 374 g/mol. The summed E-state index contributed by atoms with van der Waals surface area (Å²) in [4.78, 5) is 31.5. The molecule has 0 aliphatic carbocycles. The number of hydrogen-bond donors (Lipinski definition) is 1. The van der Waals surface area contributed by atoms with Gasteiger partial charge >= 0.3 is 0 Å². The van der Waals surface area contributed by atoms with Gasteiger partial charge in [-0.05, 0) is 30.3 Å².